The van der Waals surface area contributed by atoms with Crippen molar-refractivity contribution >= 4 is 34.4 Å². The monoisotopic (exact) mass is 429 g/mol. The van der Waals surface area contributed by atoms with Gasteiger partial charge in [0.25, 0.3) is 0 Å². The lowest BCUT2D eigenvalue weighted by molar-refractivity contribution is 0.173. The van der Waals surface area contributed by atoms with Crippen molar-refractivity contribution < 1.29 is 15.0 Å². The van der Waals surface area contributed by atoms with E-state index in [1.54, 1.807) is 0 Å². The molecular formula is C21H24ClN5O3. The Morgan fingerprint density at radius 1 is 1.33 bits per heavy atom. The summed E-state index contributed by atoms with van der Waals surface area (Å²) in [5, 5.41) is 23.2. The number of anilines is 1. The van der Waals surface area contributed by atoms with E-state index in [2.05, 4.69) is 15.2 Å². The van der Waals surface area contributed by atoms with E-state index in [1.165, 1.54) is 0 Å². The molecule has 2 aromatic heterocycles. The highest BCUT2D eigenvalue weighted by Crippen LogP contribution is 2.33. The molecular weight excluding hydrogens is 406 g/mol. The summed E-state index contributed by atoms with van der Waals surface area (Å²) in [6.07, 6.45) is 2.11. The lowest BCUT2D eigenvalue weighted by atomic mass is 9.89. The van der Waals surface area contributed by atoms with Gasteiger partial charge in [-0.1, -0.05) is 11.6 Å². The van der Waals surface area contributed by atoms with Gasteiger partial charge in [-0.3, -0.25) is 0 Å². The smallest absolute Gasteiger partial charge is 0.405 e. The number of halogens is 1. The zero-order valence-electron chi connectivity index (χ0n) is 16.9. The summed E-state index contributed by atoms with van der Waals surface area (Å²) >= 11 is 6.42. The van der Waals surface area contributed by atoms with Crippen LogP contribution in [0.25, 0.3) is 22.2 Å². The molecule has 1 aromatic carbocycles. The van der Waals surface area contributed by atoms with Crippen LogP contribution in [0.1, 0.15) is 31.2 Å². The first-order chi connectivity index (χ1) is 14.3. The Labute approximate surface area is 178 Å². The summed E-state index contributed by atoms with van der Waals surface area (Å²) in [5.41, 5.74) is 3.18. The van der Waals surface area contributed by atoms with Crippen molar-refractivity contribution in [3.63, 3.8) is 0 Å². The minimum atomic E-state index is -1.01. The first-order valence-electron chi connectivity index (χ1n) is 9.81. The summed E-state index contributed by atoms with van der Waals surface area (Å²) in [6, 6.07) is 5.76. The summed E-state index contributed by atoms with van der Waals surface area (Å²) in [5.74, 6) is 0.642. The Kier molecular flexibility index (Phi) is 5.29. The first-order valence-corrected chi connectivity index (χ1v) is 10.2. The molecule has 0 radical (unpaired) electrons. The number of nitrogens with one attached hydrogen (secondary N) is 2. The van der Waals surface area contributed by atoms with E-state index >= 15 is 0 Å². The van der Waals surface area contributed by atoms with Crippen LogP contribution in [0, 0.1) is 6.92 Å². The number of piperidine rings is 1. The number of carbonyl (C=O) groups is 1. The molecule has 0 unspecified atom stereocenters. The van der Waals surface area contributed by atoms with E-state index in [0.29, 0.717) is 48.2 Å². The number of amides is 1. The fraction of sp³-hybridized carbons (Fsp3) is 0.381. The molecule has 1 aliphatic heterocycles. The molecule has 30 heavy (non-hydrogen) atoms. The van der Waals surface area contributed by atoms with E-state index in [0.717, 1.165) is 22.2 Å². The number of aliphatic hydroxyl groups excluding tert-OH is 1. The van der Waals surface area contributed by atoms with Crippen LogP contribution in [-0.2, 0) is 6.61 Å². The molecule has 1 saturated heterocycles. The molecule has 158 valence electrons. The lowest BCUT2D eigenvalue weighted by Crippen LogP contribution is -2.53. The number of fused-ring (bicyclic) bond motifs is 1. The van der Waals surface area contributed by atoms with Crippen LogP contribution >= 0.6 is 11.6 Å². The van der Waals surface area contributed by atoms with E-state index < -0.39 is 11.6 Å². The average molecular weight is 430 g/mol. The summed E-state index contributed by atoms with van der Waals surface area (Å²) in [4.78, 5) is 25.7. The van der Waals surface area contributed by atoms with Crippen LogP contribution in [0.4, 0.5) is 10.6 Å². The third kappa shape index (κ3) is 3.80. The summed E-state index contributed by atoms with van der Waals surface area (Å²) < 4.78 is 0. The van der Waals surface area contributed by atoms with Crippen LogP contribution in [0.3, 0.4) is 0 Å². The maximum Gasteiger partial charge on any atom is 0.405 e. The first kappa shape index (κ1) is 20.4. The number of aromatic amines is 1. The number of carboxylic acid groups (broad SMARTS) is 1. The number of hydrogen-bond donors (Lipinski definition) is 4. The number of hydrogen-bond acceptors (Lipinski definition) is 5. The molecule has 0 spiro atoms. The van der Waals surface area contributed by atoms with Gasteiger partial charge < -0.3 is 25.4 Å². The predicted molar refractivity (Wildman–Crippen MR) is 116 cm³/mol. The Hall–Kier alpha value is -2.84. The predicted octanol–water partition coefficient (Wildman–Crippen LogP) is 3.71. The van der Waals surface area contributed by atoms with Gasteiger partial charge in [-0.2, -0.15) is 0 Å². The van der Waals surface area contributed by atoms with Crippen LogP contribution in [0.15, 0.2) is 24.4 Å². The van der Waals surface area contributed by atoms with Gasteiger partial charge in [0.1, 0.15) is 5.69 Å². The molecule has 9 heteroatoms. The van der Waals surface area contributed by atoms with Crippen LogP contribution in [-0.4, -0.2) is 49.9 Å². The standard InChI is InChI=1S/C21H24ClN5O3/c1-12-18(13-9-15(22)14-3-6-23-16(14)10-13)25-17(11-28)19(24-12)27-7-4-21(2,5-8-27)26-20(29)30/h3,6,9-10,23,26,28H,4-5,7-8,11H2,1-2H3,(H,29,30). The van der Waals surface area contributed by atoms with Gasteiger partial charge in [-0.05, 0) is 44.9 Å². The van der Waals surface area contributed by atoms with Crippen molar-refractivity contribution in [3.05, 3.63) is 40.8 Å². The van der Waals surface area contributed by atoms with Crippen molar-refractivity contribution in [2.24, 2.45) is 0 Å². The van der Waals surface area contributed by atoms with Crippen molar-refractivity contribution in [2.45, 2.75) is 38.8 Å². The molecule has 4 rings (SSSR count). The number of nitrogens with zero attached hydrogens (tertiary/aromatic N) is 3. The van der Waals surface area contributed by atoms with Gasteiger partial charge in [0.2, 0.25) is 0 Å². The van der Waals surface area contributed by atoms with E-state index in [4.69, 9.17) is 26.7 Å². The highest BCUT2D eigenvalue weighted by molar-refractivity contribution is 6.35. The minimum absolute atomic E-state index is 0.241. The van der Waals surface area contributed by atoms with Crippen LogP contribution < -0.4 is 10.2 Å². The number of aliphatic hydroxyl groups is 1. The van der Waals surface area contributed by atoms with Gasteiger partial charge >= 0.3 is 6.09 Å². The molecule has 0 atom stereocenters. The molecule has 1 amide bonds. The van der Waals surface area contributed by atoms with Crippen molar-refractivity contribution in [1.82, 2.24) is 20.3 Å². The lowest BCUT2D eigenvalue weighted by Gasteiger charge is -2.40. The van der Waals surface area contributed by atoms with E-state index in [-0.39, 0.29) is 6.61 Å². The normalized spacial score (nSPS) is 16.1. The highest BCUT2D eigenvalue weighted by Gasteiger charge is 2.33. The second kappa shape index (κ2) is 7.77. The Balaban J connectivity index is 1.65. The minimum Gasteiger partial charge on any atom is -0.465 e. The Morgan fingerprint density at radius 3 is 2.73 bits per heavy atom. The van der Waals surface area contributed by atoms with Crippen molar-refractivity contribution in [1.29, 1.82) is 0 Å². The van der Waals surface area contributed by atoms with Gasteiger partial charge in [0.15, 0.2) is 5.82 Å². The molecule has 0 aliphatic carbocycles. The van der Waals surface area contributed by atoms with Crippen molar-refractivity contribution in [3.8, 4) is 11.3 Å². The number of H-pyrrole nitrogens is 1. The van der Waals surface area contributed by atoms with Gasteiger partial charge in [0, 0.05) is 41.3 Å². The SMILES string of the molecule is Cc1nc(N2CCC(C)(NC(=O)O)CC2)c(CO)nc1-c1cc(Cl)c2cc[nH]c2c1. The quantitative estimate of drug-likeness (QED) is 0.502. The maximum atomic E-state index is 11.0. The molecule has 3 aromatic rings. The van der Waals surface area contributed by atoms with Gasteiger partial charge in [-0.15, -0.1) is 0 Å². The van der Waals surface area contributed by atoms with Crippen molar-refractivity contribution in [2.75, 3.05) is 18.0 Å². The third-order valence-electron chi connectivity index (χ3n) is 5.74. The molecule has 3 heterocycles. The Bertz CT molecular complexity index is 1110. The maximum absolute atomic E-state index is 11.0. The molecule has 1 fully saturated rings. The molecule has 0 saturated carbocycles. The molecule has 1 aliphatic rings. The van der Waals surface area contributed by atoms with E-state index in [9.17, 15) is 9.90 Å². The zero-order valence-corrected chi connectivity index (χ0v) is 17.6. The molecule has 0 bridgehead atoms. The second-order valence-corrected chi connectivity index (χ2v) is 8.37. The van der Waals surface area contributed by atoms with Crippen LogP contribution in [0.5, 0.6) is 0 Å². The molecule has 8 nitrogen and oxygen atoms in total. The zero-order chi connectivity index (χ0) is 21.5. The second-order valence-electron chi connectivity index (χ2n) is 7.96. The van der Waals surface area contributed by atoms with Crippen LogP contribution in [0.2, 0.25) is 5.02 Å². The Morgan fingerprint density at radius 2 is 2.07 bits per heavy atom. The fourth-order valence-electron chi connectivity index (χ4n) is 4.03. The topological polar surface area (TPSA) is 114 Å². The number of aromatic nitrogens is 3. The third-order valence-corrected chi connectivity index (χ3v) is 6.05. The largest absolute Gasteiger partial charge is 0.465 e. The average Bonchev–Trinajstić information content (AvgIpc) is 3.17. The summed E-state index contributed by atoms with van der Waals surface area (Å²) in [6.45, 7) is 4.80. The fourth-order valence-corrected chi connectivity index (χ4v) is 4.31. The van der Waals surface area contributed by atoms with E-state index in [1.807, 2.05) is 38.2 Å². The van der Waals surface area contributed by atoms with Gasteiger partial charge in [-0.25, -0.2) is 14.8 Å². The number of benzene rings is 1. The number of rotatable bonds is 4. The summed E-state index contributed by atoms with van der Waals surface area (Å²) in [7, 11) is 0. The molecule has 4 N–H and O–H groups in total. The number of aryl methyl sites for hydroxylation is 1. The highest BCUT2D eigenvalue weighted by atomic mass is 35.5. The van der Waals surface area contributed by atoms with Gasteiger partial charge in [0.05, 0.1) is 23.0 Å².